The van der Waals surface area contributed by atoms with Gasteiger partial charge in [-0.05, 0) is 12.5 Å². The molecular formula is C14H21NO2. The third-order valence-electron chi connectivity index (χ3n) is 3.26. The van der Waals surface area contributed by atoms with Gasteiger partial charge in [0.15, 0.2) is 0 Å². The second-order valence-corrected chi connectivity index (χ2v) is 4.95. The average molecular weight is 235 g/mol. The number of benzene rings is 1. The van der Waals surface area contributed by atoms with Crippen molar-refractivity contribution in [3.8, 4) is 0 Å². The zero-order chi connectivity index (χ0) is 12.1. The highest BCUT2D eigenvalue weighted by atomic mass is 16.5. The predicted octanol–water partition coefficient (Wildman–Crippen LogP) is 1.71. The van der Waals surface area contributed by atoms with Crippen LogP contribution in [0.1, 0.15) is 25.3 Å². The normalized spacial score (nSPS) is 29.2. The molecule has 2 rings (SSSR count). The van der Waals surface area contributed by atoms with Crippen LogP contribution in [0.5, 0.6) is 0 Å². The highest BCUT2D eigenvalue weighted by Crippen LogP contribution is 2.23. The van der Waals surface area contributed by atoms with Crippen LogP contribution in [0.3, 0.4) is 0 Å². The minimum Gasteiger partial charge on any atom is -0.388 e. The van der Waals surface area contributed by atoms with E-state index >= 15 is 0 Å². The van der Waals surface area contributed by atoms with Crippen molar-refractivity contribution in [2.75, 3.05) is 13.2 Å². The van der Waals surface area contributed by atoms with Gasteiger partial charge in [0.25, 0.3) is 0 Å². The lowest BCUT2D eigenvalue weighted by Crippen LogP contribution is -2.47. The first-order valence-electron chi connectivity index (χ1n) is 6.27. The first-order chi connectivity index (χ1) is 8.18. The van der Waals surface area contributed by atoms with Gasteiger partial charge in [-0.25, -0.2) is 0 Å². The quantitative estimate of drug-likeness (QED) is 0.834. The first kappa shape index (κ1) is 12.6. The van der Waals surface area contributed by atoms with Crippen molar-refractivity contribution in [3.05, 3.63) is 35.9 Å². The molecule has 0 amide bonds. The van der Waals surface area contributed by atoms with Crippen LogP contribution in [0.15, 0.2) is 30.3 Å². The van der Waals surface area contributed by atoms with Crippen molar-refractivity contribution in [2.45, 2.75) is 38.0 Å². The van der Waals surface area contributed by atoms with Gasteiger partial charge in [0.2, 0.25) is 0 Å². The number of nitrogens with one attached hydrogen (secondary N) is 1. The van der Waals surface area contributed by atoms with Crippen LogP contribution in [0.25, 0.3) is 0 Å². The minimum absolute atomic E-state index is 0.160. The zero-order valence-corrected chi connectivity index (χ0v) is 10.4. The number of rotatable bonds is 4. The lowest BCUT2D eigenvalue weighted by Gasteiger charge is -2.35. The Morgan fingerprint density at radius 1 is 1.41 bits per heavy atom. The van der Waals surface area contributed by atoms with Crippen molar-refractivity contribution in [1.29, 1.82) is 0 Å². The van der Waals surface area contributed by atoms with Gasteiger partial charge in [-0.15, -0.1) is 0 Å². The summed E-state index contributed by atoms with van der Waals surface area (Å²) in [4.78, 5) is 0. The molecule has 3 nitrogen and oxygen atoms in total. The number of hydrogen-bond donors (Lipinski definition) is 2. The monoisotopic (exact) mass is 235 g/mol. The Balaban J connectivity index is 1.78. The second-order valence-electron chi connectivity index (χ2n) is 4.95. The molecule has 94 valence electrons. The molecule has 0 radical (unpaired) electrons. The summed E-state index contributed by atoms with van der Waals surface area (Å²) in [5.41, 5.74) is 0.642. The molecule has 0 aromatic heterocycles. The molecule has 17 heavy (non-hydrogen) atoms. The van der Waals surface area contributed by atoms with E-state index in [4.69, 9.17) is 4.74 Å². The molecule has 0 aliphatic carbocycles. The van der Waals surface area contributed by atoms with Crippen LogP contribution in [-0.4, -0.2) is 30.0 Å². The summed E-state index contributed by atoms with van der Waals surface area (Å²) in [7, 11) is 0. The molecule has 2 atom stereocenters. The van der Waals surface area contributed by atoms with Crippen LogP contribution in [-0.2, 0) is 11.3 Å². The fourth-order valence-electron chi connectivity index (χ4n) is 2.34. The Kier molecular flexibility index (Phi) is 4.15. The molecule has 3 heteroatoms. The molecule has 0 saturated carbocycles. The van der Waals surface area contributed by atoms with Crippen molar-refractivity contribution in [3.63, 3.8) is 0 Å². The smallest absolute Gasteiger partial charge is 0.0818 e. The molecular weight excluding hydrogens is 214 g/mol. The molecule has 0 bridgehead atoms. The molecule has 0 unspecified atom stereocenters. The van der Waals surface area contributed by atoms with Crippen LogP contribution in [0, 0.1) is 0 Å². The van der Waals surface area contributed by atoms with E-state index < -0.39 is 5.60 Å². The van der Waals surface area contributed by atoms with Gasteiger partial charge in [-0.3, -0.25) is 0 Å². The molecule has 1 heterocycles. The summed E-state index contributed by atoms with van der Waals surface area (Å²) in [6.07, 6.45) is 1.60. The summed E-state index contributed by atoms with van der Waals surface area (Å²) in [6.45, 7) is 4.11. The standard InChI is InChI=1S/C14H21NO2/c1-12-9-14(16,7-8-17-12)11-15-10-13-5-3-2-4-6-13/h2-6,12,15-16H,7-11H2,1H3/t12-,14-/m0/s1. The molecule has 1 aromatic carbocycles. The molecule has 1 aliphatic rings. The molecule has 1 aliphatic heterocycles. The Hall–Kier alpha value is -0.900. The van der Waals surface area contributed by atoms with Gasteiger partial charge >= 0.3 is 0 Å². The lowest BCUT2D eigenvalue weighted by molar-refractivity contribution is -0.0951. The number of hydrogen-bond acceptors (Lipinski definition) is 3. The summed E-state index contributed by atoms with van der Waals surface area (Å²) >= 11 is 0. The molecule has 0 spiro atoms. The third-order valence-corrected chi connectivity index (χ3v) is 3.26. The molecule has 1 fully saturated rings. The highest BCUT2D eigenvalue weighted by molar-refractivity contribution is 5.14. The summed E-state index contributed by atoms with van der Waals surface area (Å²) in [6, 6.07) is 10.2. The van der Waals surface area contributed by atoms with E-state index in [0.717, 1.165) is 19.4 Å². The van der Waals surface area contributed by atoms with Gasteiger partial charge in [-0.1, -0.05) is 30.3 Å². The van der Waals surface area contributed by atoms with E-state index in [1.54, 1.807) is 0 Å². The molecule has 2 N–H and O–H groups in total. The second kappa shape index (κ2) is 5.63. The van der Waals surface area contributed by atoms with Gasteiger partial charge in [0.1, 0.15) is 0 Å². The van der Waals surface area contributed by atoms with Crippen LogP contribution in [0.4, 0.5) is 0 Å². The Labute approximate surface area is 103 Å². The molecule has 1 aromatic rings. The topological polar surface area (TPSA) is 41.5 Å². The first-order valence-corrected chi connectivity index (χ1v) is 6.27. The van der Waals surface area contributed by atoms with Gasteiger partial charge in [-0.2, -0.15) is 0 Å². The van der Waals surface area contributed by atoms with E-state index in [1.807, 2.05) is 25.1 Å². The highest BCUT2D eigenvalue weighted by Gasteiger charge is 2.32. The lowest BCUT2D eigenvalue weighted by atomic mass is 9.91. The van der Waals surface area contributed by atoms with Crippen molar-refractivity contribution >= 4 is 0 Å². The predicted molar refractivity (Wildman–Crippen MR) is 67.7 cm³/mol. The summed E-state index contributed by atoms with van der Waals surface area (Å²) in [5.74, 6) is 0. The summed E-state index contributed by atoms with van der Waals surface area (Å²) < 4.78 is 5.45. The Bertz CT molecular complexity index is 341. The van der Waals surface area contributed by atoms with Crippen LogP contribution in [0.2, 0.25) is 0 Å². The van der Waals surface area contributed by atoms with Crippen molar-refractivity contribution < 1.29 is 9.84 Å². The van der Waals surface area contributed by atoms with Crippen LogP contribution < -0.4 is 5.32 Å². The Morgan fingerprint density at radius 3 is 2.88 bits per heavy atom. The van der Waals surface area contributed by atoms with E-state index in [9.17, 15) is 5.11 Å². The van der Waals surface area contributed by atoms with E-state index in [0.29, 0.717) is 13.2 Å². The number of ether oxygens (including phenoxy) is 1. The maximum atomic E-state index is 10.4. The fourth-order valence-corrected chi connectivity index (χ4v) is 2.34. The summed E-state index contributed by atoms with van der Waals surface area (Å²) in [5, 5.41) is 13.7. The average Bonchev–Trinajstić information content (AvgIpc) is 2.30. The fraction of sp³-hybridized carbons (Fsp3) is 0.571. The largest absolute Gasteiger partial charge is 0.388 e. The third kappa shape index (κ3) is 3.80. The maximum absolute atomic E-state index is 10.4. The maximum Gasteiger partial charge on any atom is 0.0818 e. The van der Waals surface area contributed by atoms with Crippen molar-refractivity contribution in [2.24, 2.45) is 0 Å². The van der Waals surface area contributed by atoms with E-state index in [2.05, 4.69) is 17.4 Å². The van der Waals surface area contributed by atoms with Crippen LogP contribution >= 0.6 is 0 Å². The Morgan fingerprint density at radius 2 is 2.18 bits per heavy atom. The minimum atomic E-state index is -0.605. The van der Waals surface area contributed by atoms with Crippen molar-refractivity contribution in [1.82, 2.24) is 5.32 Å². The number of aliphatic hydroxyl groups is 1. The van der Waals surface area contributed by atoms with Gasteiger partial charge < -0.3 is 15.2 Å². The van der Waals surface area contributed by atoms with E-state index in [-0.39, 0.29) is 6.10 Å². The molecule has 1 saturated heterocycles. The van der Waals surface area contributed by atoms with Gasteiger partial charge in [0, 0.05) is 32.5 Å². The van der Waals surface area contributed by atoms with E-state index in [1.165, 1.54) is 5.56 Å². The SMILES string of the molecule is C[C@H]1C[C@](O)(CNCc2ccccc2)CCO1. The zero-order valence-electron chi connectivity index (χ0n) is 10.4. The van der Waals surface area contributed by atoms with Gasteiger partial charge in [0.05, 0.1) is 11.7 Å².